The molecular weight excluding hydrogens is 243 g/mol. The summed E-state index contributed by atoms with van der Waals surface area (Å²) in [6.45, 7) is 0.362. The van der Waals surface area contributed by atoms with Gasteiger partial charge in [-0.2, -0.15) is 0 Å². The molecule has 0 aromatic heterocycles. The lowest BCUT2D eigenvalue weighted by Gasteiger charge is -2.08. The van der Waals surface area contributed by atoms with E-state index in [4.69, 9.17) is 0 Å². The van der Waals surface area contributed by atoms with Crippen molar-refractivity contribution >= 4 is 11.6 Å². The highest BCUT2D eigenvalue weighted by molar-refractivity contribution is 5.80. The molecule has 0 aliphatic rings. The van der Waals surface area contributed by atoms with Gasteiger partial charge in [0.2, 0.25) is 5.91 Å². The zero-order chi connectivity index (χ0) is 13.5. The molecule has 0 bridgehead atoms. The van der Waals surface area contributed by atoms with E-state index in [0.29, 0.717) is 5.56 Å². The third-order valence-corrected chi connectivity index (χ3v) is 2.66. The standard InChI is InChI=1S/C15H15FN2O/c16-14-9-5-4-6-12(14)10-18-15(19)11-17-13-7-2-1-3-8-13/h1-9,17H,10-11H2,(H,18,19). The molecule has 2 aromatic rings. The van der Waals surface area contributed by atoms with Gasteiger partial charge in [0.25, 0.3) is 0 Å². The molecule has 2 rings (SSSR count). The van der Waals surface area contributed by atoms with Gasteiger partial charge in [0.05, 0.1) is 6.54 Å². The van der Waals surface area contributed by atoms with E-state index in [1.807, 2.05) is 30.3 Å². The number of nitrogens with one attached hydrogen (secondary N) is 2. The lowest BCUT2D eigenvalue weighted by molar-refractivity contribution is -0.119. The van der Waals surface area contributed by atoms with Gasteiger partial charge in [-0.05, 0) is 18.2 Å². The molecule has 0 radical (unpaired) electrons. The van der Waals surface area contributed by atoms with Gasteiger partial charge in [-0.3, -0.25) is 4.79 Å². The summed E-state index contributed by atoms with van der Waals surface area (Å²) >= 11 is 0. The number of anilines is 1. The fourth-order valence-corrected chi connectivity index (χ4v) is 1.64. The maximum atomic E-state index is 13.3. The first-order valence-corrected chi connectivity index (χ1v) is 6.05. The second-order valence-corrected chi connectivity index (χ2v) is 4.09. The smallest absolute Gasteiger partial charge is 0.239 e. The van der Waals surface area contributed by atoms with Crippen LogP contribution in [0.4, 0.5) is 10.1 Å². The van der Waals surface area contributed by atoms with Crippen molar-refractivity contribution in [3.63, 3.8) is 0 Å². The summed E-state index contributed by atoms with van der Waals surface area (Å²) in [7, 11) is 0. The van der Waals surface area contributed by atoms with Crippen LogP contribution in [0.3, 0.4) is 0 Å². The summed E-state index contributed by atoms with van der Waals surface area (Å²) in [5.74, 6) is -0.481. The molecule has 98 valence electrons. The summed E-state index contributed by atoms with van der Waals surface area (Å²) < 4.78 is 13.3. The highest BCUT2D eigenvalue weighted by atomic mass is 19.1. The molecule has 0 spiro atoms. The Morgan fingerprint density at radius 1 is 1.00 bits per heavy atom. The Morgan fingerprint density at radius 2 is 1.68 bits per heavy atom. The Hall–Kier alpha value is -2.36. The van der Waals surface area contributed by atoms with E-state index < -0.39 is 0 Å². The monoisotopic (exact) mass is 258 g/mol. The summed E-state index contributed by atoms with van der Waals surface area (Å²) in [6.07, 6.45) is 0. The topological polar surface area (TPSA) is 41.1 Å². The van der Waals surface area contributed by atoms with Crippen molar-refractivity contribution < 1.29 is 9.18 Å². The second kappa shape index (κ2) is 6.54. The van der Waals surface area contributed by atoms with Gasteiger partial charge >= 0.3 is 0 Å². The summed E-state index contributed by atoms with van der Waals surface area (Å²) in [5, 5.41) is 5.66. The Balaban J connectivity index is 1.78. The number of rotatable bonds is 5. The number of para-hydroxylation sites is 1. The number of amides is 1. The van der Waals surface area contributed by atoms with E-state index >= 15 is 0 Å². The van der Waals surface area contributed by atoms with E-state index in [1.54, 1.807) is 18.2 Å². The van der Waals surface area contributed by atoms with E-state index in [0.717, 1.165) is 5.69 Å². The van der Waals surface area contributed by atoms with Crippen LogP contribution < -0.4 is 10.6 Å². The Bertz CT molecular complexity index is 543. The van der Waals surface area contributed by atoms with Crippen molar-refractivity contribution in [2.24, 2.45) is 0 Å². The molecule has 4 heteroatoms. The molecule has 0 heterocycles. The predicted molar refractivity (Wildman–Crippen MR) is 73.2 cm³/mol. The molecule has 0 fully saturated rings. The lowest BCUT2D eigenvalue weighted by Crippen LogP contribution is -2.29. The number of carbonyl (C=O) groups excluding carboxylic acids is 1. The average molecular weight is 258 g/mol. The van der Waals surface area contributed by atoms with Gasteiger partial charge in [-0.1, -0.05) is 36.4 Å². The van der Waals surface area contributed by atoms with Crippen LogP contribution >= 0.6 is 0 Å². The number of hydrogen-bond acceptors (Lipinski definition) is 2. The summed E-state index contributed by atoms with van der Waals surface area (Å²) in [5.41, 5.74) is 1.36. The molecular formula is C15H15FN2O. The molecule has 0 saturated carbocycles. The van der Waals surface area contributed by atoms with Gasteiger partial charge in [-0.25, -0.2) is 4.39 Å². The minimum Gasteiger partial charge on any atom is -0.376 e. The zero-order valence-corrected chi connectivity index (χ0v) is 10.4. The van der Waals surface area contributed by atoms with Crippen LogP contribution in [0.2, 0.25) is 0 Å². The molecule has 19 heavy (non-hydrogen) atoms. The minimum atomic E-state index is -0.307. The van der Waals surface area contributed by atoms with Gasteiger partial charge in [0.1, 0.15) is 5.82 Å². The fraction of sp³-hybridized carbons (Fsp3) is 0.133. The molecule has 0 unspecified atom stereocenters. The van der Waals surface area contributed by atoms with Crippen molar-refractivity contribution in [1.82, 2.24) is 5.32 Å². The van der Waals surface area contributed by atoms with Crippen LogP contribution in [0.5, 0.6) is 0 Å². The Morgan fingerprint density at radius 3 is 2.42 bits per heavy atom. The molecule has 0 saturated heterocycles. The lowest BCUT2D eigenvalue weighted by atomic mass is 10.2. The number of benzene rings is 2. The highest BCUT2D eigenvalue weighted by Crippen LogP contribution is 2.06. The van der Waals surface area contributed by atoms with Gasteiger partial charge in [-0.15, -0.1) is 0 Å². The maximum Gasteiger partial charge on any atom is 0.239 e. The van der Waals surface area contributed by atoms with E-state index in [9.17, 15) is 9.18 Å². The van der Waals surface area contributed by atoms with Crippen LogP contribution in [0, 0.1) is 5.82 Å². The number of carbonyl (C=O) groups is 1. The van der Waals surface area contributed by atoms with Gasteiger partial charge < -0.3 is 10.6 Å². The zero-order valence-electron chi connectivity index (χ0n) is 10.4. The first-order valence-electron chi connectivity index (χ1n) is 6.05. The van der Waals surface area contributed by atoms with Crippen LogP contribution in [0.25, 0.3) is 0 Å². The molecule has 1 amide bonds. The maximum absolute atomic E-state index is 13.3. The van der Waals surface area contributed by atoms with Crippen molar-refractivity contribution in [2.45, 2.75) is 6.54 Å². The van der Waals surface area contributed by atoms with Crippen LogP contribution in [0.1, 0.15) is 5.56 Å². The average Bonchev–Trinajstić information content (AvgIpc) is 2.45. The number of halogens is 1. The van der Waals surface area contributed by atoms with Crippen molar-refractivity contribution in [3.05, 3.63) is 66.0 Å². The van der Waals surface area contributed by atoms with E-state index in [2.05, 4.69) is 10.6 Å². The molecule has 0 aliphatic carbocycles. The number of hydrogen-bond donors (Lipinski definition) is 2. The van der Waals surface area contributed by atoms with Crippen LogP contribution in [-0.4, -0.2) is 12.5 Å². The van der Waals surface area contributed by atoms with Gasteiger partial charge in [0.15, 0.2) is 0 Å². The van der Waals surface area contributed by atoms with Crippen molar-refractivity contribution in [2.75, 3.05) is 11.9 Å². The first kappa shape index (κ1) is 13.1. The van der Waals surface area contributed by atoms with Crippen LogP contribution in [-0.2, 0) is 11.3 Å². The quantitative estimate of drug-likeness (QED) is 0.865. The highest BCUT2D eigenvalue weighted by Gasteiger charge is 2.04. The largest absolute Gasteiger partial charge is 0.376 e. The van der Waals surface area contributed by atoms with E-state index in [-0.39, 0.29) is 24.8 Å². The minimum absolute atomic E-state index is 0.165. The van der Waals surface area contributed by atoms with Crippen molar-refractivity contribution in [1.29, 1.82) is 0 Å². The SMILES string of the molecule is O=C(CNc1ccccc1)NCc1ccccc1F. The van der Waals surface area contributed by atoms with E-state index in [1.165, 1.54) is 6.07 Å². The molecule has 0 aliphatic heterocycles. The molecule has 2 N–H and O–H groups in total. The predicted octanol–water partition coefficient (Wildman–Crippen LogP) is 2.55. The summed E-state index contributed by atoms with van der Waals surface area (Å²) in [4.78, 5) is 11.6. The van der Waals surface area contributed by atoms with Crippen molar-refractivity contribution in [3.8, 4) is 0 Å². The summed E-state index contributed by atoms with van der Waals surface area (Å²) in [6, 6.07) is 15.8. The molecule has 3 nitrogen and oxygen atoms in total. The third-order valence-electron chi connectivity index (χ3n) is 2.66. The van der Waals surface area contributed by atoms with Gasteiger partial charge in [0, 0.05) is 17.8 Å². The Labute approximate surface area is 111 Å². The molecule has 2 aromatic carbocycles. The Kier molecular flexibility index (Phi) is 4.50. The fourth-order valence-electron chi connectivity index (χ4n) is 1.64. The molecule has 0 atom stereocenters. The first-order chi connectivity index (χ1) is 9.25. The third kappa shape index (κ3) is 4.10. The van der Waals surface area contributed by atoms with Crippen LogP contribution in [0.15, 0.2) is 54.6 Å². The normalized spacial score (nSPS) is 9.95. The second-order valence-electron chi connectivity index (χ2n) is 4.09.